The van der Waals surface area contributed by atoms with E-state index < -0.39 is 0 Å². The summed E-state index contributed by atoms with van der Waals surface area (Å²) in [5.74, 6) is 0. The van der Waals surface area contributed by atoms with Gasteiger partial charge in [0.15, 0.2) is 0 Å². The second-order valence-corrected chi connectivity index (χ2v) is 6.11. The Hall–Kier alpha value is -0.0800. The summed E-state index contributed by atoms with van der Waals surface area (Å²) in [4.78, 5) is 2.68. The number of nitrogens with zero attached hydrogens (tertiary/aromatic N) is 1. The van der Waals surface area contributed by atoms with Crippen molar-refractivity contribution in [1.82, 2.24) is 4.90 Å². The Labute approximate surface area is 87.6 Å². The number of rotatable bonds is 1. The number of ether oxygens (including phenoxy) is 1. The van der Waals surface area contributed by atoms with E-state index in [2.05, 4.69) is 25.7 Å². The van der Waals surface area contributed by atoms with Gasteiger partial charge in [-0.15, -0.1) is 0 Å². The Kier molecular flexibility index (Phi) is 2.61. The van der Waals surface area contributed by atoms with Crippen molar-refractivity contribution in [2.45, 2.75) is 45.6 Å². The molecule has 1 aliphatic heterocycles. The molecule has 2 rings (SSSR count). The largest absolute Gasteiger partial charge is 0.378 e. The molecule has 1 heterocycles. The van der Waals surface area contributed by atoms with Gasteiger partial charge >= 0.3 is 0 Å². The van der Waals surface area contributed by atoms with Gasteiger partial charge in [0.05, 0.1) is 13.2 Å². The molecule has 0 aromatic carbocycles. The maximum Gasteiger partial charge on any atom is 0.0651 e. The maximum absolute atomic E-state index is 5.63. The first-order valence-electron chi connectivity index (χ1n) is 5.85. The van der Waals surface area contributed by atoms with Gasteiger partial charge in [0.1, 0.15) is 0 Å². The molecule has 1 aliphatic carbocycles. The molecule has 0 radical (unpaired) electrons. The van der Waals surface area contributed by atoms with E-state index in [9.17, 15) is 0 Å². The van der Waals surface area contributed by atoms with E-state index in [0.717, 1.165) is 19.8 Å². The van der Waals surface area contributed by atoms with Crippen molar-refractivity contribution < 1.29 is 4.74 Å². The van der Waals surface area contributed by atoms with Crippen molar-refractivity contribution in [3.8, 4) is 0 Å². The monoisotopic (exact) mass is 197 g/mol. The third-order valence-electron chi connectivity index (χ3n) is 3.50. The van der Waals surface area contributed by atoms with Crippen molar-refractivity contribution in [2.24, 2.45) is 5.41 Å². The van der Waals surface area contributed by atoms with E-state index in [4.69, 9.17) is 4.74 Å². The van der Waals surface area contributed by atoms with Crippen molar-refractivity contribution >= 4 is 0 Å². The minimum absolute atomic E-state index is 0.417. The third kappa shape index (κ3) is 1.96. The summed E-state index contributed by atoms with van der Waals surface area (Å²) in [6, 6.07) is 0. The predicted octanol–water partition coefficient (Wildman–Crippen LogP) is 2.29. The zero-order valence-electron chi connectivity index (χ0n) is 9.81. The summed E-state index contributed by atoms with van der Waals surface area (Å²) < 4.78 is 5.63. The van der Waals surface area contributed by atoms with Gasteiger partial charge in [0.25, 0.3) is 0 Å². The van der Waals surface area contributed by atoms with Crippen LogP contribution in [0.3, 0.4) is 0 Å². The van der Waals surface area contributed by atoms with Crippen LogP contribution < -0.4 is 0 Å². The molecule has 0 aromatic rings. The highest BCUT2D eigenvalue weighted by Gasteiger charge is 2.45. The molecule has 0 amide bonds. The van der Waals surface area contributed by atoms with Crippen molar-refractivity contribution in [3.05, 3.63) is 0 Å². The van der Waals surface area contributed by atoms with Gasteiger partial charge in [0, 0.05) is 18.6 Å². The summed E-state index contributed by atoms with van der Waals surface area (Å²) in [7, 11) is 0. The summed E-state index contributed by atoms with van der Waals surface area (Å²) >= 11 is 0. The Morgan fingerprint density at radius 2 is 2.00 bits per heavy atom. The van der Waals surface area contributed by atoms with Crippen LogP contribution in [0.15, 0.2) is 0 Å². The quantitative estimate of drug-likeness (QED) is 0.639. The Morgan fingerprint density at radius 1 is 1.29 bits per heavy atom. The van der Waals surface area contributed by atoms with Gasteiger partial charge in [-0.05, 0) is 24.7 Å². The molecule has 2 fully saturated rings. The number of hydrogen-bond donors (Lipinski definition) is 0. The highest BCUT2D eigenvalue weighted by molar-refractivity contribution is 5.00. The molecular formula is C12H23NO. The lowest BCUT2D eigenvalue weighted by Gasteiger charge is -2.54. The standard InChI is InChI=1S/C12H23NO/c1-11(2,3)9-13-7-8-14-10-12(13)5-4-6-12/h4-10H2,1-3H3. The Morgan fingerprint density at radius 3 is 2.50 bits per heavy atom. The molecule has 2 heteroatoms. The van der Waals surface area contributed by atoms with E-state index in [1.165, 1.54) is 25.8 Å². The molecule has 0 atom stereocenters. The lowest BCUT2D eigenvalue weighted by Crippen LogP contribution is -2.62. The summed E-state index contributed by atoms with van der Waals surface area (Å²) in [6.45, 7) is 11.2. The predicted molar refractivity (Wildman–Crippen MR) is 58.4 cm³/mol. The van der Waals surface area contributed by atoms with Crippen LogP contribution in [0.1, 0.15) is 40.0 Å². The third-order valence-corrected chi connectivity index (χ3v) is 3.50. The van der Waals surface area contributed by atoms with Crippen LogP contribution >= 0.6 is 0 Å². The van der Waals surface area contributed by atoms with Gasteiger partial charge in [-0.25, -0.2) is 0 Å². The molecule has 0 N–H and O–H groups in total. The molecule has 1 saturated carbocycles. The molecule has 0 unspecified atom stereocenters. The van der Waals surface area contributed by atoms with Gasteiger partial charge in [0.2, 0.25) is 0 Å². The summed E-state index contributed by atoms with van der Waals surface area (Å²) in [6.07, 6.45) is 4.09. The van der Waals surface area contributed by atoms with Crippen LogP contribution in [0, 0.1) is 5.41 Å². The summed E-state index contributed by atoms with van der Waals surface area (Å²) in [5, 5.41) is 0. The lowest BCUT2D eigenvalue weighted by molar-refractivity contribution is -0.116. The fourth-order valence-corrected chi connectivity index (χ4v) is 2.63. The molecule has 2 aliphatic rings. The fourth-order valence-electron chi connectivity index (χ4n) is 2.63. The first-order valence-corrected chi connectivity index (χ1v) is 5.85. The lowest BCUT2D eigenvalue weighted by atomic mass is 9.74. The first-order chi connectivity index (χ1) is 6.52. The number of morpholine rings is 1. The maximum atomic E-state index is 5.63. The minimum Gasteiger partial charge on any atom is -0.378 e. The van der Waals surface area contributed by atoms with Gasteiger partial charge < -0.3 is 4.74 Å². The second-order valence-electron chi connectivity index (χ2n) is 6.11. The molecular weight excluding hydrogens is 174 g/mol. The summed E-state index contributed by atoms with van der Waals surface area (Å²) in [5.41, 5.74) is 0.853. The second kappa shape index (κ2) is 3.49. The van der Waals surface area contributed by atoms with Crippen molar-refractivity contribution in [2.75, 3.05) is 26.3 Å². The zero-order valence-corrected chi connectivity index (χ0v) is 9.81. The topological polar surface area (TPSA) is 12.5 Å². The van der Waals surface area contributed by atoms with E-state index >= 15 is 0 Å². The zero-order chi connectivity index (χ0) is 10.2. The van der Waals surface area contributed by atoms with Crippen LogP contribution in [0.5, 0.6) is 0 Å². The normalized spacial score (nSPS) is 27.6. The van der Waals surface area contributed by atoms with E-state index in [0.29, 0.717) is 11.0 Å². The minimum atomic E-state index is 0.417. The smallest absolute Gasteiger partial charge is 0.0651 e. The van der Waals surface area contributed by atoms with Gasteiger partial charge in [-0.2, -0.15) is 0 Å². The molecule has 0 bridgehead atoms. The SMILES string of the molecule is CC(C)(C)CN1CCOCC12CCC2. The van der Waals surface area contributed by atoms with Crippen LogP contribution in [0.25, 0.3) is 0 Å². The average Bonchev–Trinajstić information content (AvgIpc) is 1.99. The molecule has 82 valence electrons. The van der Waals surface area contributed by atoms with Crippen LogP contribution in [-0.4, -0.2) is 36.7 Å². The molecule has 0 aromatic heterocycles. The molecule has 14 heavy (non-hydrogen) atoms. The van der Waals surface area contributed by atoms with Crippen LogP contribution in [0.4, 0.5) is 0 Å². The van der Waals surface area contributed by atoms with Crippen molar-refractivity contribution in [3.63, 3.8) is 0 Å². The van der Waals surface area contributed by atoms with Crippen LogP contribution in [0.2, 0.25) is 0 Å². The molecule has 1 saturated heterocycles. The number of hydrogen-bond acceptors (Lipinski definition) is 2. The van der Waals surface area contributed by atoms with E-state index in [1.54, 1.807) is 0 Å². The van der Waals surface area contributed by atoms with E-state index in [1.807, 2.05) is 0 Å². The van der Waals surface area contributed by atoms with E-state index in [-0.39, 0.29) is 0 Å². The van der Waals surface area contributed by atoms with Gasteiger partial charge in [-0.1, -0.05) is 20.8 Å². The highest BCUT2D eigenvalue weighted by atomic mass is 16.5. The fraction of sp³-hybridized carbons (Fsp3) is 1.00. The Bertz CT molecular complexity index is 203. The van der Waals surface area contributed by atoms with Gasteiger partial charge in [-0.3, -0.25) is 4.90 Å². The highest BCUT2D eigenvalue weighted by Crippen LogP contribution is 2.40. The molecule has 1 spiro atoms. The first kappa shape index (κ1) is 10.4. The Balaban J connectivity index is 2.00. The molecule has 2 nitrogen and oxygen atoms in total. The van der Waals surface area contributed by atoms with Crippen LogP contribution in [-0.2, 0) is 4.74 Å². The van der Waals surface area contributed by atoms with Crippen molar-refractivity contribution in [1.29, 1.82) is 0 Å². The average molecular weight is 197 g/mol.